The second-order valence-electron chi connectivity index (χ2n) is 4.31. The predicted octanol–water partition coefficient (Wildman–Crippen LogP) is 2.86. The van der Waals surface area contributed by atoms with E-state index < -0.39 is 0 Å². The number of rotatable bonds is 1. The molecule has 1 aliphatic rings. The fraction of sp³-hybridized carbons (Fsp3) is 0.417. The molecule has 2 aromatic rings. The molecule has 2 N–H and O–H groups in total. The third kappa shape index (κ3) is 3.66. The van der Waals surface area contributed by atoms with Crippen molar-refractivity contribution in [3.63, 3.8) is 0 Å². The fourth-order valence-corrected chi connectivity index (χ4v) is 2.35. The number of hydrogen-bond acceptors (Lipinski definition) is 3. The van der Waals surface area contributed by atoms with Crippen molar-refractivity contribution in [2.75, 3.05) is 31.1 Å². The minimum atomic E-state index is 0. The van der Waals surface area contributed by atoms with Crippen LogP contribution in [0.1, 0.15) is 6.42 Å². The van der Waals surface area contributed by atoms with E-state index in [1.54, 1.807) is 0 Å². The number of benzene rings is 1. The second-order valence-corrected chi connectivity index (χ2v) is 4.75. The normalized spacial score (nSPS) is 15.5. The lowest BCUT2D eigenvalue weighted by atomic mass is 10.3. The lowest BCUT2D eigenvalue weighted by molar-refractivity contribution is 0.724. The molecule has 1 aromatic heterocycles. The van der Waals surface area contributed by atoms with Crippen LogP contribution in [-0.2, 0) is 0 Å². The van der Waals surface area contributed by atoms with Crippen LogP contribution in [0.15, 0.2) is 18.2 Å². The molecule has 1 saturated heterocycles. The third-order valence-corrected chi connectivity index (χ3v) is 3.31. The maximum Gasteiger partial charge on any atom is 0.203 e. The van der Waals surface area contributed by atoms with Crippen molar-refractivity contribution in [1.29, 1.82) is 0 Å². The highest BCUT2D eigenvalue weighted by molar-refractivity contribution is 6.31. The molecule has 19 heavy (non-hydrogen) atoms. The van der Waals surface area contributed by atoms with Gasteiger partial charge in [-0.2, -0.15) is 0 Å². The first-order chi connectivity index (χ1) is 8.33. The van der Waals surface area contributed by atoms with Gasteiger partial charge in [-0.3, -0.25) is 0 Å². The van der Waals surface area contributed by atoms with Crippen LogP contribution in [0.2, 0.25) is 5.02 Å². The van der Waals surface area contributed by atoms with Gasteiger partial charge in [-0.05, 0) is 31.2 Å². The molecule has 0 radical (unpaired) electrons. The van der Waals surface area contributed by atoms with Crippen molar-refractivity contribution < 1.29 is 0 Å². The van der Waals surface area contributed by atoms with Crippen LogP contribution >= 0.6 is 36.4 Å². The van der Waals surface area contributed by atoms with Gasteiger partial charge in [-0.15, -0.1) is 24.8 Å². The fourth-order valence-electron chi connectivity index (χ4n) is 2.18. The highest BCUT2D eigenvalue weighted by Gasteiger charge is 2.13. The summed E-state index contributed by atoms with van der Waals surface area (Å²) in [6, 6.07) is 5.75. The maximum absolute atomic E-state index is 5.97. The summed E-state index contributed by atoms with van der Waals surface area (Å²) in [4.78, 5) is 10.2. The standard InChI is InChI=1S/C12H15ClN4.2ClH/c13-9-2-3-10-11(8-9)16-12(15-10)17-6-1-4-14-5-7-17;;/h2-3,8,14H,1,4-7H2,(H,15,16);2*1H. The predicted molar refractivity (Wildman–Crippen MR) is 85.3 cm³/mol. The van der Waals surface area contributed by atoms with Crippen LogP contribution < -0.4 is 10.2 Å². The van der Waals surface area contributed by atoms with Crippen molar-refractivity contribution in [1.82, 2.24) is 15.3 Å². The Hall–Kier alpha value is -0.680. The highest BCUT2D eigenvalue weighted by Crippen LogP contribution is 2.21. The monoisotopic (exact) mass is 322 g/mol. The zero-order valence-electron chi connectivity index (χ0n) is 10.4. The first-order valence-corrected chi connectivity index (χ1v) is 6.32. The second kappa shape index (κ2) is 7.20. The third-order valence-electron chi connectivity index (χ3n) is 3.07. The first-order valence-electron chi connectivity index (χ1n) is 5.94. The van der Waals surface area contributed by atoms with E-state index >= 15 is 0 Å². The summed E-state index contributed by atoms with van der Waals surface area (Å²) in [6.45, 7) is 4.13. The lowest BCUT2D eigenvalue weighted by Gasteiger charge is -2.18. The van der Waals surface area contributed by atoms with Crippen LogP contribution in [-0.4, -0.2) is 36.1 Å². The van der Waals surface area contributed by atoms with Gasteiger partial charge in [0.1, 0.15) is 0 Å². The molecule has 0 saturated carbocycles. The Kier molecular flexibility index (Phi) is 6.20. The van der Waals surface area contributed by atoms with Crippen molar-refractivity contribution in [3.05, 3.63) is 23.2 Å². The quantitative estimate of drug-likeness (QED) is 0.848. The average molecular weight is 324 g/mol. The van der Waals surface area contributed by atoms with E-state index in [9.17, 15) is 0 Å². The lowest BCUT2D eigenvalue weighted by Crippen LogP contribution is -2.28. The molecule has 0 spiro atoms. The van der Waals surface area contributed by atoms with Gasteiger partial charge in [0.25, 0.3) is 0 Å². The number of nitrogens with zero attached hydrogens (tertiary/aromatic N) is 2. The van der Waals surface area contributed by atoms with Gasteiger partial charge in [-0.25, -0.2) is 4.98 Å². The van der Waals surface area contributed by atoms with E-state index in [1.807, 2.05) is 18.2 Å². The van der Waals surface area contributed by atoms with Crippen molar-refractivity contribution in [2.45, 2.75) is 6.42 Å². The Bertz CT molecular complexity index is 521. The summed E-state index contributed by atoms with van der Waals surface area (Å²) in [6.07, 6.45) is 1.15. The summed E-state index contributed by atoms with van der Waals surface area (Å²) < 4.78 is 0. The molecule has 1 aliphatic heterocycles. The number of hydrogen-bond donors (Lipinski definition) is 2. The Morgan fingerprint density at radius 2 is 2.00 bits per heavy atom. The number of aromatic amines is 1. The van der Waals surface area contributed by atoms with Gasteiger partial charge in [0.05, 0.1) is 11.0 Å². The molecule has 0 unspecified atom stereocenters. The Labute approximate surface area is 129 Å². The smallest absolute Gasteiger partial charge is 0.203 e. The van der Waals surface area contributed by atoms with Crippen LogP contribution in [0, 0.1) is 0 Å². The van der Waals surface area contributed by atoms with E-state index in [2.05, 4.69) is 20.2 Å². The van der Waals surface area contributed by atoms with Crippen molar-refractivity contribution in [3.8, 4) is 0 Å². The van der Waals surface area contributed by atoms with E-state index in [0.29, 0.717) is 0 Å². The zero-order valence-corrected chi connectivity index (χ0v) is 12.7. The van der Waals surface area contributed by atoms with E-state index in [-0.39, 0.29) is 24.8 Å². The molecule has 2 heterocycles. The number of fused-ring (bicyclic) bond motifs is 1. The molecule has 1 aromatic carbocycles. The molecule has 1 fully saturated rings. The van der Waals surface area contributed by atoms with E-state index in [4.69, 9.17) is 11.6 Å². The maximum atomic E-state index is 5.97. The molecule has 0 aliphatic carbocycles. The van der Waals surface area contributed by atoms with Crippen LogP contribution in [0.5, 0.6) is 0 Å². The van der Waals surface area contributed by atoms with Gasteiger partial charge in [-0.1, -0.05) is 11.6 Å². The van der Waals surface area contributed by atoms with Crippen molar-refractivity contribution >= 4 is 53.4 Å². The molecule has 7 heteroatoms. The molecular weight excluding hydrogens is 307 g/mol. The molecule has 3 rings (SSSR count). The van der Waals surface area contributed by atoms with Crippen LogP contribution in [0.25, 0.3) is 11.0 Å². The SMILES string of the molecule is Cl.Cl.Clc1ccc2nc(N3CCCNCC3)[nH]c2c1. The minimum absolute atomic E-state index is 0. The molecular formula is C12H17Cl3N4. The summed E-state index contributed by atoms with van der Waals surface area (Å²) >= 11 is 5.97. The number of imidazole rings is 1. The summed E-state index contributed by atoms with van der Waals surface area (Å²) in [5.74, 6) is 0.950. The highest BCUT2D eigenvalue weighted by atomic mass is 35.5. The summed E-state index contributed by atoms with van der Waals surface area (Å²) in [5, 5.41) is 4.13. The van der Waals surface area contributed by atoms with Gasteiger partial charge in [0.15, 0.2) is 0 Å². The van der Waals surface area contributed by atoms with Gasteiger partial charge in [0, 0.05) is 24.7 Å². The zero-order chi connectivity index (χ0) is 11.7. The first kappa shape index (κ1) is 16.4. The topological polar surface area (TPSA) is 44.0 Å². The average Bonchev–Trinajstić information content (AvgIpc) is 2.57. The Balaban J connectivity index is 0.000000902. The summed E-state index contributed by atoms with van der Waals surface area (Å²) in [7, 11) is 0. The van der Waals surface area contributed by atoms with Gasteiger partial charge in [0.2, 0.25) is 5.95 Å². The number of anilines is 1. The summed E-state index contributed by atoms with van der Waals surface area (Å²) in [5.41, 5.74) is 1.98. The molecule has 0 atom stereocenters. The van der Waals surface area contributed by atoms with E-state index in [0.717, 1.165) is 54.6 Å². The number of aromatic nitrogens is 2. The van der Waals surface area contributed by atoms with E-state index in [1.165, 1.54) is 0 Å². The van der Waals surface area contributed by atoms with Gasteiger partial charge >= 0.3 is 0 Å². The van der Waals surface area contributed by atoms with Crippen LogP contribution in [0.4, 0.5) is 5.95 Å². The Morgan fingerprint density at radius 1 is 1.16 bits per heavy atom. The van der Waals surface area contributed by atoms with Gasteiger partial charge < -0.3 is 15.2 Å². The minimum Gasteiger partial charge on any atom is -0.341 e. The molecule has 0 amide bonds. The number of halogens is 3. The molecule has 4 nitrogen and oxygen atoms in total. The molecule has 106 valence electrons. The van der Waals surface area contributed by atoms with Crippen LogP contribution in [0.3, 0.4) is 0 Å². The van der Waals surface area contributed by atoms with Crippen molar-refractivity contribution in [2.24, 2.45) is 0 Å². The number of H-pyrrole nitrogens is 1. The molecule has 0 bridgehead atoms. The largest absolute Gasteiger partial charge is 0.341 e. The Morgan fingerprint density at radius 3 is 2.84 bits per heavy atom. The number of nitrogens with one attached hydrogen (secondary N) is 2.